The number of hydrogen-bond acceptors (Lipinski definition) is 2. The summed E-state index contributed by atoms with van der Waals surface area (Å²) in [7, 11) is 0. The van der Waals surface area contributed by atoms with Crippen molar-refractivity contribution in [3.8, 4) is 5.75 Å². The van der Waals surface area contributed by atoms with Crippen LogP contribution in [0.1, 0.15) is 50.5 Å². The molecule has 1 aromatic rings. The lowest BCUT2D eigenvalue weighted by Crippen LogP contribution is -2.22. The highest BCUT2D eigenvalue weighted by Crippen LogP contribution is 2.33. The van der Waals surface area contributed by atoms with Crippen LogP contribution in [-0.4, -0.2) is 17.8 Å². The van der Waals surface area contributed by atoms with Gasteiger partial charge in [-0.05, 0) is 37.0 Å². The first-order valence-corrected chi connectivity index (χ1v) is 6.72. The largest absolute Gasteiger partial charge is 0.494 e. The highest BCUT2D eigenvalue weighted by Gasteiger charge is 2.24. The Morgan fingerprint density at radius 1 is 1.18 bits per heavy atom. The summed E-state index contributed by atoms with van der Waals surface area (Å²) in [5, 5.41) is 10.0. The summed E-state index contributed by atoms with van der Waals surface area (Å²) in [6.07, 6.45) is 5.31. The molecule has 2 heteroatoms. The van der Waals surface area contributed by atoms with Gasteiger partial charge < -0.3 is 9.84 Å². The van der Waals surface area contributed by atoms with Crippen LogP contribution in [0.2, 0.25) is 0 Å². The van der Waals surface area contributed by atoms with Gasteiger partial charge in [-0.15, -0.1) is 0 Å². The van der Waals surface area contributed by atoms with E-state index in [1.165, 1.54) is 12.0 Å². The summed E-state index contributed by atoms with van der Waals surface area (Å²) in [5.41, 5.74) is 1.25. The molecule has 0 spiro atoms. The Morgan fingerprint density at radius 3 is 2.53 bits per heavy atom. The summed E-state index contributed by atoms with van der Waals surface area (Å²) in [5.74, 6) is 1.25. The van der Waals surface area contributed by atoms with E-state index in [0.717, 1.165) is 38.0 Å². The van der Waals surface area contributed by atoms with Crippen LogP contribution in [0, 0.1) is 0 Å². The van der Waals surface area contributed by atoms with Gasteiger partial charge in [0.25, 0.3) is 0 Å². The predicted octanol–water partition coefficient (Wildman–Crippen LogP) is 3.49. The first-order chi connectivity index (χ1) is 8.31. The molecular formula is C15H22O2. The van der Waals surface area contributed by atoms with Crippen LogP contribution >= 0.6 is 0 Å². The molecule has 0 unspecified atom stereocenters. The number of hydrogen-bond donors (Lipinski definition) is 1. The van der Waals surface area contributed by atoms with Gasteiger partial charge in [0, 0.05) is 5.92 Å². The van der Waals surface area contributed by atoms with Crippen molar-refractivity contribution < 1.29 is 9.84 Å². The summed E-state index contributed by atoms with van der Waals surface area (Å²) in [4.78, 5) is 0. The second-order valence-electron chi connectivity index (χ2n) is 4.88. The van der Waals surface area contributed by atoms with Crippen LogP contribution in [-0.2, 0) is 0 Å². The Balaban J connectivity index is 2.01. The van der Waals surface area contributed by atoms with Crippen molar-refractivity contribution in [3.05, 3.63) is 29.8 Å². The normalized spacial score (nSPS) is 24.6. The van der Waals surface area contributed by atoms with Gasteiger partial charge in [0.1, 0.15) is 5.75 Å². The number of aliphatic hydroxyl groups is 1. The Hall–Kier alpha value is -1.02. The molecule has 94 valence electrons. The molecule has 1 aliphatic carbocycles. The minimum Gasteiger partial charge on any atom is -0.494 e. The molecule has 17 heavy (non-hydrogen) atoms. The fourth-order valence-corrected chi connectivity index (χ4v) is 2.53. The third-order valence-electron chi connectivity index (χ3n) is 3.51. The molecule has 0 radical (unpaired) electrons. The van der Waals surface area contributed by atoms with Crippen LogP contribution in [0.15, 0.2) is 24.3 Å². The lowest BCUT2D eigenvalue weighted by molar-refractivity contribution is 0.106. The average Bonchev–Trinajstić information content (AvgIpc) is 2.38. The van der Waals surface area contributed by atoms with Crippen LogP contribution in [0.4, 0.5) is 0 Å². The predicted molar refractivity (Wildman–Crippen MR) is 69.4 cm³/mol. The van der Waals surface area contributed by atoms with Crippen molar-refractivity contribution >= 4 is 0 Å². The molecule has 1 fully saturated rings. The van der Waals surface area contributed by atoms with Gasteiger partial charge >= 0.3 is 0 Å². The summed E-state index contributed by atoms with van der Waals surface area (Å²) >= 11 is 0. The summed E-state index contributed by atoms with van der Waals surface area (Å²) in [6, 6.07) is 8.24. The number of aliphatic hydroxyl groups excluding tert-OH is 1. The molecule has 0 bridgehead atoms. The zero-order chi connectivity index (χ0) is 12.1. The third-order valence-corrected chi connectivity index (χ3v) is 3.51. The second kappa shape index (κ2) is 6.06. The molecule has 1 N–H and O–H groups in total. The van der Waals surface area contributed by atoms with Gasteiger partial charge in [0.15, 0.2) is 0 Å². The maximum absolute atomic E-state index is 10.0. The van der Waals surface area contributed by atoms with E-state index >= 15 is 0 Å². The van der Waals surface area contributed by atoms with E-state index in [-0.39, 0.29) is 6.10 Å². The molecule has 1 aromatic carbocycles. The molecule has 0 aromatic heterocycles. The smallest absolute Gasteiger partial charge is 0.119 e. The topological polar surface area (TPSA) is 29.5 Å². The van der Waals surface area contributed by atoms with Crippen molar-refractivity contribution in [3.63, 3.8) is 0 Å². The standard InChI is InChI=1S/C15H22O2/c1-2-11-17-13-9-7-12(8-10-13)14-5-3-4-6-15(14)16/h7-10,14-16H,2-6,11H2,1H3/t14-,15+/m1/s1. The van der Waals surface area contributed by atoms with E-state index in [1.807, 2.05) is 12.1 Å². The molecule has 2 atom stereocenters. The highest BCUT2D eigenvalue weighted by molar-refractivity contribution is 5.30. The van der Waals surface area contributed by atoms with Crippen molar-refractivity contribution in [1.82, 2.24) is 0 Å². The van der Waals surface area contributed by atoms with Crippen LogP contribution in [0.5, 0.6) is 5.75 Å². The van der Waals surface area contributed by atoms with E-state index in [4.69, 9.17) is 4.74 Å². The van der Waals surface area contributed by atoms with E-state index in [9.17, 15) is 5.11 Å². The number of ether oxygens (including phenoxy) is 1. The lowest BCUT2D eigenvalue weighted by Gasteiger charge is -2.28. The van der Waals surface area contributed by atoms with Gasteiger partial charge in [-0.25, -0.2) is 0 Å². The fourth-order valence-electron chi connectivity index (χ4n) is 2.53. The zero-order valence-electron chi connectivity index (χ0n) is 10.6. The molecule has 0 heterocycles. The van der Waals surface area contributed by atoms with Crippen molar-refractivity contribution in [2.75, 3.05) is 6.61 Å². The second-order valence-corrected chi connectivity index (χ2v) is 4.88. The molecule has 0 aliphatic heterocycles. The first kappa shape index (κ1) is 12.4. The molecule has 1 aliphatic rings. The fraction of sp³-hybridized carbons (Fsp3) is 0.600. The Bertz CT molecular complexity index is 331. The van der Waals surface area contributed by atoms with E-state index < -0.39 is 0 Å². The van der Waals surface area contributed by atoms with E-state index in [2.05, 4.69) is 19.1 Å². The molecule has 0 amide bonds. The third kappa shape index (κ3) is 3.22. The Kier molecular flexibility index (Phi) is 4.43. The first-order valence-electron chi connectivity index (χ1n) is 6.72. The molecule has 2 rings (SSSR count). The van der Waals surface area contributed by atoms with Gasteiger partial charge in [-0.1, -0.05) is 31.9 Å². The molecule has 1 saturated carbocycles. The minimum absolute atomic E-state index is 0.161. The van der Waals surface area contributed by atoms with Crippen LogP contribution < -0.4 is 4.74 Å². The molecular weight excluding hydrogens is 212 g/mol. The Morgan fingerprint density at radius 2 is 1.88 bits per heavy atom. The van der Waals surface area contributed by atoms with E-state index in [0.29, 0.717) is 5.92 Å². The number of rotatable bonds is 4. The van der Waals surface area contributed by atoms with Crippen molar-refractivity contribution in [2.45, 2.75) is 51.0 Å². The molecule has 2 nitrogen and oxygen atoms in total. The van der Waals surface area contributed by atoms with Gasteiger partial charge in [0.2, 0.25) is 0 Å². The van der Waals surface area contributed by atoms with Crippen molar-refractivity contribution in [1.29, 1.82) is 0 Å². The summed E-state index contributed by atoms with van der Waals surface area (Å²) < 4.78 is 5.56. The lowest BCUT2D eigenvalue weighted by atomic mass is 9.82. The van der Waals surface area contributed by atoms with Crippen molar-refractivity contribution in [2.24, 2.45) is 0 Å². The van der Waals surface area contributed by atoms with Gasteiger partial charge in [-0.2, -0.15) is 0 Å². The quantitative estimate of drug-likeness (QED) is 0.864. The van der Waals surface area contributed by atoms with Crippen LogP contribution in [0.25, 0.3) is 0 Å². The van der Waals surface area contributed by atoms with Crippen LogP contribution in [0.3, 0.4) is 0 Å². The maximum atomic E-state index is 10.0. The van der Waals surface area contributed by atoms with Gasteiger partial charge in [0.05, 0.1) is 12.7 Å². The zero-order valence-corrected chi connectivity index (χ0v) is 10.6. The molecule has 0 saturated heterocycles. The SMILES string of the molecule is CCCOc1ccc([C@H]2CCCC[C@@H]2O)cc1. The number of benzene rings is 1. The van der Waals surface area contributed by atoms with E-state index in [1.54, 1.807) is 0 Å². The average molecular weight is 234 g/mol. The maximum Gasteiger partial charge on any atom is 0.119 e. The monoisotopic (exact) mass is 234 g/mol. The summed E-state index contributed by atoms with van der Waals surface area (Å²) in [6.45, 7) is 2.87. The van der Waals surface area contributed by atoms with Gasteiger partial charge in [-0.3, -0.25) is 0 Å². The Labute approximate surface area is 104 Å². The minimum atomic E-state index is -0.161. The highest BCUT2D eigenvalue weighted by atomic mass is 16.5.